The van der Waals surface area contributed by atoms with E-state index in [2.05, 4.69) is 97.9 Å². The number of hydrogen-bond donors (Lipinski definition) is 1. The molecule has 7 heteroatoms. The SMILES string of the molecule is Cc1cc(N2C(=S)NC(c3ccccn3)C2c2cc(C)n(-c3cccnc3)c2C)ccc1Br. The minimum Gasteiger partial charge on any atom is -0.351 e. The van der Waals surface area contributed by atoms with Gasteiger partial charge >= 0.3 is 0 Å². The van der Waals surface area contributed by atoms with Gasteiger partial charge in [-0.25, -0.2) is 0 Å². The van der Waals surface area contributed by atoms with Crippen molar-refractivity contribution in [2.24, 2.45) is 0 Å². The van der Waals surface area contributed by atoms with Gasteiger partial charge in [-0.15, -0.1) is 0 Å². The zero-order valence-electron chi connectivity index (χ0n) is 18.7. The second-order valence-electron chi connectivity index (χ2n) is 8.30. The van der Waals surface area contributed by atoms with Crippen molar-refractivity contribution < 1.29 is 0 Å². The topological polar surface area (TPSA) is 46.0 Å². The number of aromatic nitrogens is 3. The van der Waals surface area contributed by atoms with E-state index in [1.807, 2.05) is 30.6 Å². The Hall–Kier alpha value is -3.03. The molecule has 0 saturated carbocycles. The molecular formula is C26H24BrN5S. The molecule has 1 aromatic carbocycles. The van der Waals surface area contributed by atoms with Gasteiger partial charge in [-0.3, -0.25) is 9.97 Å². The smallest absolute Gasteiger partial charge is 0.174 e. The number of aryl methyl sites for hydroxylation is 2. The van der Waals surface area contributed by atoms with Gasteiger partial charge in [0, 0.05) is 33.9 Å². The monoisotopic (exact) mass is 517 g/mol. The molecule has 0 bridgehead atoms. The summed E-state index contributed by atoms with van der Waals surface area (Å²) in [6.07, 6.45) is 5.53. The van der Waals surface area contributed by atoms with Crippen molar-refractivity contribution in [2.45, 2.75) is 32.9 Å². The van der Waals surface area contributed by atoms with E-state index in [4.69, 9.17) is 12.2 Å². The van der Waals surface area contributed by atoms with Gasteiger partial charge in [-0.2, -0.15) is 0 Å². The lowest BCUT2D eigenvalue weighted by Crippen LogP contribution is -2.29. The Morgan fingerprint density at radius 3 is 2.52 bits per heavy atom. The first kappa shape index (κ1) is 21.8. The van der Waals surface area contributed by atoms with Crippen LogP contribution in [-0.4, -0.2) is 19.6 Å². The van der Waals surface area contributed by atoms with Gasteiger partial charge in [-0.05, 0) is 92.6 Å². The summed E-state index contributed by atoms with van der Waals surface area (Å²) in [5.74, 6) is 0. The van der Waals surface area contributed by atoms with Crippen molar-refractivity contribution in [3.05, 3.63) is 106 Å². The van der Waals surface area contributed by atoms with Crippen LogP contribution in [0.2, 0.25) is 0 Å². The van der Waals surface area contributed by atoms with Crippen molar-refractivity contribution in [1.82, 2.24) is 19.9 Å². The zero-order valence-corrected chi connectivity index (χ0v) is 21.1. The second-order valence-corrected chi connectivity index (χ2v) is 9.54. The van der Waals surface area contributed by atoms with Gasteiger partial charge in [0.25, 0.3) is 0 Å². The summed E-state index contributed by atoms with van der Waals surface area (Å²) in [7, 11) is 0. The van der Waals surface area contributed by atoms with Crippen LogP contribution >= 0.6 is 28.1 Å². The Labute approximate surface area is 207 Å². The lowest BCUT2D eigenvalue weighted by molar-refractivity contribution is 0.565. The number of nitrogens with zero attached hydrogens (tertiary/aromatic N) is 4. The van der Waals surface area contributed by atoms with E-state index in [1.54, 1.807) is 6.20 Å². The van der Waals surface area contributed by atoms with Crippen LogP contribution in [0.3, 0.4) is 0 Å². The van der Waals surface area contributed by atoms with Crippen molar-refractivity contribution in [1.29, 1.82) is 0 Å². The Morgan fingerprint density at radius 2 is 1.82 bits per heavy atom. The summed E-state index contributed by atoms with van der Waals surface area (Å²) < 4.78 is 3.33. The Bertz CT molecular complexity index is 1320. The molecule has 0 radical (unpaired) electrons. The number of thiocarbonyl (C=S) groups is 1. The fourth-order valence-corrected chi connectivity index (χ4v) is 5.29. The third-order valence-corrected chi connectivity index (χ3v) is 7.42. The van der Waals surface area contributed by atoms with E-state index < -0.39 is 0 Å². The molecule has 0 spiro atoms. The largest absolute Gasteiger partial charge is 0.351 e. The number of benzene rings is 1. The highest BCUT2D eigenvalue weighted by Crippen LogP contribution is 2.44. The number of pyridine rings is 2. The molecule has 1 aliphatic heterocycles. The van der Waals surface area contributed by atoms with Crippen LogP contribution < -0.4 is 10.2 Å². The third-order valence-electron chi connectivity index (χ3n) is 6.21. The quantitative estimate of drug-likeness (QED) is 0.329. The predicted molar refractivity (Wildman–Crippen MR) is 140 cm³/mol. The molecule has 3 aromatic heterocycles. The number of hydrogen-bond acceptors (Lipinski definition) is 3. The highest BCUT2D eigenvalue weighted by atomic mass is 79.9. The summed E-state index contributed by atoms with van der Waals surface area (Å²) in [5.41, 5.74) is 7.76. The van der Waals surface area contributed by atoms with Gasteiger partial charge in [0.15, 0.2) is 5.11 Å². The van der Waals surface area contributed by atoms with E-state index in [9.17, 15) is 0 Å². The maximum atomic E-state index is 5.89. The maximum Gasteiger partial charge on any atom is 0.174 e. The second kappa shape index (κ2) is 8.72. The van der Waals surface area contributed by atoms with Gasteiger partial charge < -0.3 is 14.8 Å². The first-order chi connectivity index (χ1) is 16.0. The normalized spacial score (nSPS) is 17.9. The summed E-state index contributed by atoms with van der Waals surface area (Å²) in [6.45, 7) is 6.39. The summed E-state index contributed by atoms with van der Waals surface area (Å²) in [4.78, 5) is 11.2. The van der Waals surface area contributed by atoms with Gasteiger partial charge in [0.05, 0.1) is 29.7 Å². The van der Waals surface area contributed by atoms with Crippen LogP contribution in [0.15, 0.2) is 77.7 Å². The highest BCUT2D eigenvalue weighted by Gasteiger charge is 2.42. The van der Waals surface area contributed by atoms with E-state index in [-0.39, 0.29) is 12.1 Å². The van der Waals surface area contributed by atoms with Crippen molar-refractivity contribution in [2.75, 3.05) is 4.90 Å². The van der Waals surface area contributed by atoms with Crippen LogP contribution in [0.25, 0.3) is 5.69 Å². The van der Waals surface area contributed by atoms with Gasteiger partial charge in [-0.1, -0.05) is 22.0 Å². The Kier molecular flexibility index (Phi) is 5.76. The molecule has 1 fully saturated rings. The minimum atomic E-state index is -0.0782. The molecule has 0 amide bonds. The van der Waals surface area contributed by atoms with Crippen LogP contribution in [0.1, 0.15) is 40.3 Å². The first-order valence-corrected chi connectivity index (χ1v) is 12.0. The Balaban J connectivity index is 1.69. The van der Waals surface area contributed by atoms with E-state index in [0.717, 1.165) is 38.5 Å². The molecule has 5 nitrogen and oxygen atoms in total. The average Bonchev–Trinajstić information content (AvgIpc) is 3.32. The van der Waals surface area contributed by atoms with Gasteiger partial charge in [0.1, 0.15) is 0 Å². The molecule has 5 rings (SSSR count). The molecule has 1 saturated heterocycles. The van der Waals surface area contributed by atoms with Crippen LogP contribution in [0, 0.1) is 20.8 Å². The van der Waals surface area contributed by atoms with Crippen LogP contribution in [0.5, 0.6) is 0 Å². The molecule has 1 N–H and O–H groups in total. The van der Waals surface area contributed by atoms with Crippen LogP contribution in [0.4, 0.5) is 5.69 Å². The number of anilines is 1. The number of rotatable bonds is 4. The average molecular weight is 518 g/mol. The van der Waals surface area contributed by atoms with E-state index >= 15 is 0 Å². The molecule has 2 atom stereocenters. The fraction of sp³-hybridized carbons (Fsp3) is 0.192. The highest BCUT2D eigenvalue weighted by molar-refractivity contribution is 9.10. The lowest BCUT2D eigenvalue weighted by Gasteiger charge is -2.28. The summed E-state index contributed by atoms with van der Waals surface area (Å²) in [6, 6.07) is 18.6. The third kappa shape index (κ3) is 3.85. The summed E-state index contributed by atoms with van der Waals surface area (Å²) >= 11 is 9.51. The molecular weight excluding hydrogens is 494 g/mol. The molecule has 4 aromatic rings. The standard InChI is InChI=1S/C26H24BrN5S/c1-16-13-19(9-10-22(16)27)32-25(24(30-26(32)33)23-8-4-5-12-29-23)21-14-17(2)31(18(21)3)20-7-6-11-28-15-20/h4-15,24-25H,1-3H3,(H,30,33). The molecule has 2 unspecified atom stereocenters. The first-order valence-electron chi connectivity index (χ1n) is 10.8. The van der Waals surface area contributed by atoms with Crippen LogP contribution in [-0.2, 0) is 0 Å². The van der Waals surface area contributed by atoms with E-state index in [0.29, 0.717) is 5.11 Å². The van der Waals surface area contributed by atoms with E-state index in [1.165, 1.54) is 5.56 Å². The number of nitrogens with one attached hydrogen (secondary N) is 1. The molecule has 33 heavy (non-hydrogen) atoms. The Morgan fingerprint density at radius 1 is 0.970 bits per heavy atom. The molecule has 0 aliphatic carbocycles. The zero-order chi connectivity index (χ0) is 23.1. The molecule has 1 aliphatic rings. The van der Waals surface area contributed by atoms with Crippen molar-refractivity contribution in [3.8, 4) is 5.69 Å². The fourth-order valence-electron chi connectivity index (χ4n) is 4.70. The predicted octanol–water partition coefficient (Wildman–Crippen LogP) is 6.13. The molecule has 166 valence electrons. The van der Waals surface area contributed by atoms with Crippen molar-refractivity contribution in [3.63, 3.8) is 0 Å². The maximum absolute atomic E-state index is 5.89. The molecule has 4 heterocycles. The van der Waals surface area contributed by atoms with Crippen molar-refractivity contribution >= 4 is 38.9 Å². The number of halogens is 1. The minimum absolute atomic E-state index is 0.0513. The van der Waals surface area contributed by atoms with Gasteiger partial charge in [0.2, 0.25) is 0 Å². The summed E-state index contributed by atoms with van der Waals surface area (Å²) in [5, 5.41) is 4.26. The lowest BCUT2D eigenvalue weighted by atomic mass is 9.96.